The minimum atomic E-state index is -0.399. The summed E-state index contributed by atoms with van der Waals surface area (Å²) in [6, 6.07) is 20.5. The molecule has 5 rings (SSSR count). The van der Waals surface area contributed by atoms with Crippen LogP contribution in [0.4, 0.5) is 5.69 Å². The van der Waals surface area contributed by atoms with Gasteiger partial charge in [0.15, 0.2) is 0 Å². The van der Waals surface area contributed by atoms with Crippen LogP contribution in [0.3, 0.4) is 0 Å². The van der Waals surface area contributed by atoms with E-state index < -0.39 is 5.97 Å². The van der Waals surface area contributed by atoms with Crippen molar-refractivity contribution >= 4 is 22.6 Å². The number of carbonyl (C=O) groups is 1. The summed E-state index contributed by atoms with van der Waals surface area (Å²) in [6.45, 7) is 15.5. The lowest BCUT2D eigenvalue weighted by molar-refractivity contribution is 0.0520. The van der Waals surface area contributed by atoms with Gasteiger partial charge in [0.05, 0.1) is 19.7 Å². The van der Waals surface area contributed by atoms with Crippen molar-refractivity contribution in [3.8, 4) is 22.8 Å². The Morgan fingerprint density at radius 3 is 2.45 bits per heavy atom. The Kier molecular flexibility index (Phi) is 7.21. The highest BCUT2D eigenvalue weighted by atomic mass is 16.5. The molecule has 40 heavy (non-hydrogen) atoms. The first kappa shape index (κ1) is 26.4. The Balaban J connectivity index is 1.45. The summed E-state index contributed by atoms with van der Waals surface area (Å²) in [7, 11) is 0. The number of H-pyrrole nitrogens is 1. The number of hydrogen-bond donors (Lipinski definition) is 1. The molecule has 8 nitrogen and oxygen atoms in total. The highest BCUT2D eigenvalue weighted by Gasteiger charge is 2.16. The van der Waals surface area contributed by atoms with E-state index in [1.807, 2.05) is 74.5 Å². The highest BCUT2D eigenvalue weighted by molar-refractivity contribution is 5.95. The second-order valence-electron chi connectivity index (χ2n) is 9.54. The number of esters is 1. The molecule has 0 saturated heterocycles. The van der Waals surface area contributed by atoms with Crippen molar-refractivity contribution in [2.24, 2.45) is 0 Å². The molecule has 0 radical (unpaired) electrons. The summed E-state index contributed by atoms with van der Waals surface area (Å²) in [6.07, 6.45) is 0. The summed E-state index contributed by atoms with van der Waals surface area (Å²) >= 11 is 0. The molecule has 0 aliphatic heterocycles. The molecular weight excluding hydrogens is 504 g/mol. The van der Waals surface area contributed by atoms with Crippen molar-refractivity contribution < 1.29 is 14.3 Å². The summed E-state index contributed by atoms with van der Waals surface area (Å²) in [5, 5.41) is 0.831. The standard InChI is InChI=1S/C32H28N4O4/c1-6-39-32(38)28-17-24-16-26(13-14-27(24)35-28)40-25-11-9-22(10-12-25)29-15-19(2)30(33-5)31(37)36(29)18-23-8-7-20(3)34-21(23)4/h7-17,35H,6,18H2,1-4H3. The maximum absolute atomic E-state index is 13.4. The average molecular weight is 533 g/mol. The number of nitrogens with one attached hydrogen (secondary N) is 1. The number of fused-ring (bicyclic) bond motifs is 1. The van der Waals surface area contributed by atoms with E-state index in [4.69, 9.17) is 16.0 Å². The Morgan fingerprint density at radius 2 is 1.75 bits per heavy atom. The third-order valence-electron chi connectivity index (χ3n) is 6.71. The SMILES string of the molecule is [C-]#[N+]c1c(C)cc(-c2ccc(Oc3ccc4[nH]c(C(=O)OCC)cc4c3)cc2)n(Cc2ccc(C)nc2C)c1=O. The van der Waals surface area contributed by atoms with Crippen molar-refractivity contribution in [1.82, 2.24) is 14.5 Å². The number of pyridine rings is 2. The summed E-state index contributed by atoms with van der Waals surface area (Å²) < 4.78 is 12.8. The number of carbonyl (C=O) groups excluding carboxylic acids is 1. The molecule has 3 heterocycles. The largest absolute Gasteiger partial charge is 0.461 e. The van der Waals surface area contributed by atoms with Crippen molar-refractivity contribution in [2.45, 2.75) is 34.2 Å². The third-order valence-corrected chi connectivity index (χ3v) is 6.71. The molecule has 2 aromatic carbocycles. The summed E-state index contributed by atoms with van der Waals surface area (Å²) in [5.74, 6) is 0.834. The van der Waals surface area contributed by atoms with Crippen LogP contribution in [0.15, 0.2) is 71.5 Å². The predicted octanol–water partition coefficient (Wildman–Crippen LogP) is 6.88. The van der Waals surface area contributed by atoms with E-state index in [-0.39, 0.29) is 11.2 Å². The molecule has 1 N–H and O–H groups in total. The van der Waals surface area contributed by atoms with Crippen LogP contribution in [0.25, 0.3) is 27.0 Å². The first-order valence-electron chi connectivity index (χ1n) is 12.9. The summed E-state index contributed by atoms with van der Waals surface area (Å²) in [5.41, 5.74) is 5.82. The molecule has 0 aliphatic carbocycles. The molecule has 0 spiro atoms. The second-order valence-corrected chi connectivity index (χ2v) is 9.54. The van der Waals surface area contributed by atoms with Crippen molar-refractivity contribution in [2.75, 3.05) is 6.61 Å². The molecule has 0 bridgehead atoms. The quantitative estimate of drug-likeness (QED) is 0.182. The van der Waals surface area contributed by atoms with Crippen molar-refractivity contribution in [1.29, 1.82) is 0 Å². The minimum Gasteiger partial charge on any atom is -0.461 e. The van der Waals surface area contributed by atoms with E-state index in [1.165, 1.54) is 0 Å². The molecule has 0 aliphatic rings. The van der Waals surface area contributed by atoms with Crippen LogP contribution in [-0.4, -0.2) is 27.1 Å². The Labute approximate surface area is 231 Å². The molecular formula is C32H28N4O4. The molecule has 3 aromatic heterocycles. The first-order valence-corrected chi connectivity index (χ1v) is 12.9. The molecule has 8 heteroatoms. The van der Waals surface area contributed by atoms with Gasteiger partial charge in [0.2, 0.25) is 0 Å². The number of aromatic amines is 1. The molecule has 0 unspecified atom stereocenters. The van der Waals surface area contributed by atoms with Gasteiger partial charge in [-0.2, -0.15) is 0 Å². The highest BCUT2D eigenvalue weighted by Crippen LogP contribution is 2.30. The van der Waals surface area contributed by atoms with Crippen LogP contribution in [0.2, 0.25) is 0 Å². The second kappa shape index (κ2) is 10.9. The van der Waals surface area contributed by atoms with E-state index >= 15 is 0 Å². The lowest BCUT2D eigenvalue weighted by atomic mass is 10.1. The van der Waals surface area contributed by atoms with Gasteiger partial charge >= 0.3 is 5.97 Å². The van der Waals surface area contributed by atoms with E-state index in [1.54, 1.807) is 24.5 Å². The Morgan fingerprint density at radius 1 is 1.00 bits per heavy atom. The zero-order chi connectivity index (χ0) is 28.4. The third kappa shape index (κ3) is 5.22. The smallest absolute Gasteiger partial charge is 0.354 e. The zero-order valence-electron chi connectivity index (χ0n) is 22.7. The normalized spacial score (nSPS) is 10.9. The molecule has 0 amide bonds. The number of rotatable bonds is 7. The number of aryl methyl sites for hydroxylation is 3. The fourth-order valence-corrected chi connectivity index (χ4v) is 4.67. The van der Waals surface area contributed by atoms with Crippen molar-refractivity contribution in [3.05, 3.63) is 117 Å². The van der Waals surface area contributed by atoms with E-state index in [0.29, 0.717) is 41.6 Å². The lowest BCUT2D eigenvalue weighted by Crippen LogP contribution is -2.23. The maximum Gasteiger partial charge on any atom is 0.354 e. The van der Waals surface area contributed by atoms with Gasteiger partial charge in [-0.1, -0.05) is 6.07 Å². The van der Waals surface area contributed by atoms with Gasteiger partial charge in [0.1, 0.15) is 17.2 Å². The van der Waals surface area contributed by atoms with Crippen LogP contribution in [0.5, 0.6) is 11.5 Å². The lowest BCUT2D eigenvalue weighted by Gasteiger charge is -2.17. The van der Waals surface area contributed by atoms with Gasteiger partial charge in [-0.15, -0.1) is 0 Å². The molecule has 0 saturated carbocycles. The van der Waals surface area contributed by atoms with Crippen LogP contribution in [0, 0.1) is 27.3 Å². The fraction of sp³-hybridized carbons (Fsp3) is 0.188. The summed E-state index contributed by atoms with van der Waals surface area (Å²) in [4.78, 5) is 36.5. The average Bonchev–Trinajstić information content (AvgIpc) is 3.36. The maximum atomic E-state index is 13.4. The van der Waals surface area contributed by atoms with Crippen LogP contribution < -0.4 is 10.3 Å². The number of nitrogens with zero attached hydrogens (tertiary/aromatic N) is 3. The number of ether oxygens (including phenoxy) is 2. The first-order chi connectivity index (χ1) is 19.3. The van der Waals surface area contributed by atoms with Gasteiger partial charge in [-0.25, -0.2) is 9.64 Å². The monoisotopic (exact) mass is 532 g/mol. The van der Waals surface area contributed by atoms with Gasteiger partial charge < -0.3 is 19.0 Å². The fourth-order valence-electron chi connectivity index (χ4n) is 4.67. The molecule has 5 aromatic rings. The minimum absolute atomic E-state index is 0.118. The van der Waals surface area contributed by atoms with Gasteiger partial charge in [0, 0.05) is 28.0 Å². The van der Waals surface area contributed by atoms with Gasteiger partial charge in [0.25, 0.3) is 11.2 Å². The van der Waals surface area contributed by atoms with E-state index in [9.17, 15) is 9.59 Å². The zero-order valence-corrected chi connectivity index (χ0v) is 22.7. The molecule has 200 valence electrons. The van der Waals surface area contributed by atoms with Gasteiger partial charge in [-0.05, 0) is 105 Å². The Hall–Kier alpha value is -5.16. The Bertz CT molecular complexity index is 1840. The van der Waals surface area contributed by atoms with E-state index in [2.05, 4.69) is 14.8 Å². The van der Waals surface area contributed by atoms with Crippen molar-refractivity contribution in [3.63, 3.8) is 0 Å². The van der Waals surface area contributed by atoms with E-state index in [0.717, 1.165) is 33.4 Å². The number of benzene rings is 2. The molecule has 0 atom stereocenters. The topological polar surface area (TPSA) is 90.6 Å². The molecule has 0 fully saturated rings. The predicted molar refractivity (Wildman–Crippen MR) is 154 cm³/mol. The van der Waals surface area contributed by atoms with Gasteiger partial charge in [-0.3, -0.25) is 9.78 Å². The van der Waals surface area contributed by atoms with Crippen LogP contribution in [-0.2, 0) is 11.3 Å². The number of aromatic nitrogens is 3. The number of hydrogen-bond acceptors (Lipinski definition) is 5. The van der Waals surface area contributed by atoms with Crippen LogP contribution >= 0.6 is 0 Å². The van der Waals surface area contributed by atoms with Crippen LogP contribution in [0.1, 0.15) is 39.9 Å².